The predicted molar refractivity (Wildman–Crippen MR) is 130 cm³/mol. The largest absolute Gasteiger partial charge is 0.461 e. The molecule has 0 bridgehead atoms. The van der Waals surface area contributed by atoms with Crippen LogP contribution in [0.15, 0.2) is 0 Å². The molecule has 4 rings (SSSR count). The summed E-state index contributed by atoms with van der Waals surface area (Å²) in [5.74, 6) is 2.41. The lowest BCUT2D eigenvalue weighted by Gasteiger charge is -2.63. The molecule has 0 heterocycles. The van der Waals surface area contributed by atoms with Crippen LogP contribution in [0.2, 0.25) is 0 Å². The van der Waals surface area contributed by atoms with Gasteiger partial charge in [0.15, 0.2) is 0 Å². The highest BCUT2D eigenvalue weighted by atomic mass is 16.5. The van der Waals surface area contributed by atoms with E-state index >= 15 is 0 Å². The molecule has 4 fully saturated rings. The molecule has 4 aliphatic rings. The van der Waals surface area contributed by atoms with Gasteiger partial charge in [0.05, 0.1) is 12.6 Å². The number of rotatable bonds is 6. The molecule has 33 heavy (non-hydrogen) atoms. The van der Waals surface area contributed by atoms with E-state index < -0.39 is 0 Å². The summed E-state index contributed by atoms with van der Waals surface area (Å²) >= 11 is 0. The Morgan fingerprint density at radius 3 is 2.36 bits per heavy atom. The smallest absolute Gasteiger partial charge is 0.320 e. The van der Waals surface area contributed by atoms with Crippen LogP contribution in [0.25, 0.3) is 0 Å². The molecule has 0 radical (unpaired) electrons. The summed E-state index contributed by atoms with van der Waals surface area (Å²) in [6, 6.07) is 0. The summed E-state index contributed by atoms with van der Waals surface area (Å²) in [7, 11) is 0. The summed E-state index contributed by atoms with van der Waals surface area (Å²) in [6.45, 7) is 14.9. The van der Waals surface area contributed by atoms with Gasteiger partial charge in [-0.05, 0) is 99.5 Å². The molecule has 0 saturated heterocycles. The molecular weight excluding hydrogens is 414 g/mol. The quantitative estimate of drug-likeness (QED) is 0.581. The van der Waals surface area contributed by atoms with E-state index in [-0.39, 0.29) is 40.8 Å². The number of ether oxygens (including phenoxy) is 1. The molecule has 5 heteroatoms. The fourth-order valence-corrected chi connectivity index (χ4v) is 9.30. The number of carbonyl (C=O) groups excluding carboxylic acids is 2. The highest BCUT2D eigenvalue weighted by molar-refractivity contribution is 5.79. The second-order valence-electron chi connectivity index (χ2n) is 12.5. The molecule has 4 aliphatic carbocycles. The average Bonchev–Trinajstić information content (AvgIpc) is 3.09. The van der Waals surface area contributed by atoms with Gasteiger partial charge in [-0.25, -0.2) is 0 Å². The first-order valence-electron chi connectivity index (χ1n) is 13.6. The van der Waals surface area contributed by atoms with Gasteiger partial charge in [-0.1, -0.05) is 34.6 Å². The zero-order valence-corrected chi connectivity index (χ0v) is 21.8. The third-order valence-corrected chi connectivity index (χ3v) is 10.9. The maximum Gasteiger partial charge on any atom is 0.320 e. The Labute approximate surface area is 201 Å². The van der Waals surface area contributed by atoms with Gasteiger partial charge in [0.25, 0.3) is 0 Å². The number of likely N-dealkylation sites (N-methyl/N-ethyl adjacent to an activating group) is 1. The first-order valence-corrected chi connectivity index (χ1v) is 13.6. The summed E-state index contributed by atoms with van der Waals surface area (Å²) in [4.78, 5) is 27.9. The molecule has 0 aromatic heterocycles. The van der Waals surface area contributed by atoms with E-state index in [2.05, 4.69) is 39.5 Å². The number of hydrogen-bond donors (Lipinski definition) is 1. The Hall–Kier alpha value is -0.940. The van der Waals surface area contributed by atoms with Gasteiger partial charge in [-0.15, -0.1) is 0 Å². The molecule has 0 aromatic carbocycles. The zero-order valence-electron chi connectivity index (χ0n) is 21.8. The highest BCUT2D eigenvalue weighted by Gasteiger charge is 2.65. The first-order chi connectivity index (χ1) is 15.5. The molecule has 5 nitrogen and oxygen atoms in total. The van der Waals surface area contributed by atoms with Crippen LogP contribution in [0.1, 0.15) is 86.5 Å². The standard InChI is InChI=1S/C28H47NO4/c1-7-29(8-2)16-25(32)33-24-15-28(6)21(18(4)30)11-12-22(28)20-10-9-19-13-23(31)17(3)14-27(19,5)26(20)24/h17,19-24,26,31H,7-16H2,1-6H3/t17-,19-,20-,21+,22-,23-,24-,26+,27-,28+/m0/s1. The van der Waals surface area contributed by atoms with Crippen LogP contribution in [-0.4, -0.2) is 53.6 Å². The number of aliphatic hydroxyl groups excluding tert-OH is 1. The van der Waals surface area contributed by atoms with Gasteiger partial charge in [0, 0.05) is 11.8 Å². The topological polar surface area (TPSA) is 66.8 Å². The first kappa shape index (κ1) is 25.2. The van der Waals surface area contributed by atoms with Crippen LogP contribution < -0.4 is 0 Å². The van der Waals surface area contributed by atoms with E-state index in [4.69, 9.17) is 4.74 Å². The molecule has 188 valence electrons. The number of Topliss-reactive ketones (excluding diaryl/α,β-unsaturated/α-hetero) is 1. The van der Waals surface area contributed by atoms with Crippen molar-refractivity contribution in [2.45, 2.75) is 98.7 Å². The monoisotopic (exact) mass is 461 g/mol. The van der Waals surface area contributed by atoms with Crippen molar-refractivity contribution in [3.05, 3.63) is 0 Å². The van der Waals surface area contributed by atoms with Gasteiger partial charge in [0.1, 0.15) is 11.9 Å². The minimum Gasteiger partial charge on any atom is -0.461 e. The Balaban J connectivity index is 1.68. The van der Waals surface area contributed by atoms with Crippen LogP contribution in [0, 0.1) is 46.3 Å². The highest BCUT2D eigenvalue weighted by Crippen LogP contribution is 2.68. The van der Waals surface area contributed by atoms with Crippen molar-refractivity contribution in [1.29, 1.82) is 0 Å². The minimum atomic E-state index is -0.217. The number of fused-ring (bicyclic) bond motifs is 5. The molecule has 0 amide bonds. The second kappa shape index (κ2) is 9.26. The van der Waals surface area contributed by atoms with E-state index in [0.717, 1.165) is 58.0 Å². The zero-order chi connectivity index (χ0) is 24.1. The molecule has 0 unspecified atom stereocenters. The molecule has 0 spiro atoms. The molecule has 10 atom stereocenters. The SMILES string of the molecule is CCN(CC)CC(=O)O[C@H]1C[C@]2(C)[C@@H](C(C)=O)CC[C@H]2[C@@H]2CC[C@H]3C[C@H](O)[C@@H](C)C[C@]3(C)[C@H]21. The number of carbonyl (C=O) groups is 2. The van der Waals surface area contributed by atoms with Crippen molar-refractivity contribution in [3.63, 3.8) is 0 Å². The molecule has 1 N–H and O–H groups in total. The third kappa shape index (κ3) is 4.20. The Morgan fingerprint density at radius 2 is 1.73 bits per heavy atom. The van der Waals surface area contributed by atoms with E-state index in [1.165, 1.54) is 0 Å². The van der Waals surface area contributed by atoms with Crippen LogP contribution in [0.3, 0.4) is 0 Å². The van der Waals surface area contributed by atoms with Gasteiger partial charge in [0.2, 0.25) is 0 Å². The van der Waals surface area contributed by atoms with Gasteiger partial charge in [-0.3, -0.25) is 14.5 Å². The maximum absolute atomic E-state index is 13.1. The minimum absolute atomic E-state index is 0.0733. The average molecular weight is 462 g/mol. The maximum atomic E-state index is 13.1. The second-order valence-corrected chi connectivity index (χ2v) is 12.5. The van der Waals surface area contributed by atoms with Gasteiger partial charge >= 0.3 is 5.97 Å². The van der Waals surface area contributed by atoms with Crippen molar-refractivity contribution in [2.24, 2.45) is 46.3 Å². The van der Waals surface area contributed by atoms with Crippen molar-refractivity contribution < 1.29 is 19.4 Å². The Kier molecular flexibility index (Phi) is 7.06. The van der Waals surface area contributed by atoms with Crippen molar-refractivity contribution in [3.8, 4) is 0 Å². The Morgan fingerprint density at radius 1 is 1.03 bits per heavy atom. The number of aliphatic hydroxyl groups is 1. The third-order valence-electron chi connectivity index (χ3n) is 10.9. The van der Waals surface area contributed by atoms with Crippen molar-refractivity contribution in [1.82, 2.24) is 4.90 Å². The fourth-order valence-electron chi connectivity index (χ4n) is 9.30. The van der Waals surface area contributed by atoms with Crippen LogP contribution in [-0.2, 0) is 14.3 Å². The van der Waals surface area contributed by atoms with Gasteiger partial charge < -0.3 is 9.84 Å². The molecular formula is C28H47NO4. The van der Waals surface area contributed by atoms with Crippen LogP contribution in [0.5, 0.6) is 0 Å². The van der Waals surface area contributed by atoms with Crippen molar-refractivity contribution >= 4 is 11.8 Å². The number of hydrogen-bond acceptors (Lipinski definition) is 5. The lowest BCUT2D eigenvalue weighted by molar-refractivity contribution is -0.204. The Bertz CT molecular complexity index is 750. The summed E-state index contributed by atoms with van der Waals surface area (Å²) in [5.41, 5.74) is 0.00743. The summed E-state index contributed by atoms with van der Waals surface area (Å²) < 4.78 is 6.42. The van der Waals surface area contributed by atoms with Crippen molar-refractivity contribution in [2.75, 3.05) is 19.6 Å². The summed E-state index contributed by atoms with van der Waals surface area (Å²) in [5, 5.41) is 10.7. The van der Waals surface area contributed by atoms with E-state index in [9.17, 15) is 14.7 Å². The number of nitrogens with zero attached hydrogens (tertiary/aromatic N) is 1. The van der Waals surface area contributed by atoms with Crippen LogP contribution in [0.4, 0.5) is 0 Å². The lowest BCUT2D eigenvalue weighted by atomic mass is 9.43. The normalized spacial score (nSPS) is 46.9. The molecule has 0 aliphatic heterocycles. The van der Waals surface area contributed by atoms with E-state index in [0.29, 0.717) is 36.0 Å². The molecule has 0 aromatic rings. The fraction of sp³-hybridized carbons (Fsp3) is 0.929. The lowest BCUT2D eigenvalue weighted by Crippen LogP contribution is -2.61. The number of ketones is 1. The summed E-state index contributed by atoms with van der Waals surface area (Å²) in [6.07, 6.45) is 6.74. The van der Waals surface area contributed by atoms with E-state index in [1.807, 2.05) is 0 Å². The van der Waals surface area contributed by atoms with Gasteiger partial charge in [-0.2, -0.15) is 0 Å². The molecule has 4 saturated carbocycles. The predicted octanol–water partition coefficient (Wildman–Crippen LogP) is 4.70. The van der Waals surface area contributed by atoms with Crippen LogP contribution >= 0.6 is 0 Å². The van der Waals surface area contributed by atoms with E-state index in [1.54, 1.807) is 6.92 Å². The number of esters is 1.